The standard InChI is InChI=1S/C31H54O3Si2/c1-12-18-28(32-25-19-17-20-26(24-25)33-35(10,11)30(6,7)8)27-21-22-29(31(27,9)23-13-2)34-36(14-3,15-4)16-5/h13,17,19-21,24,28-29H,2,12,14-16,18,22-23H2,1,3-11H3/t28?,29-,31+/m0/s1. The SMILES string of the molecule is C=CC[C@]1(C)C(C(CCC)Oc2cccc(O[Si](C)(C)C(C)(C)C)c2)=CC[C@@H]1O[Si](CC)(CC)CC. The van der Waals surface area contributed by atoms with E-state index in [9.17, 15) is 0 Å². The number of ether oxygens (including phenoxy) is 1. The van der Waals surface area contributed by atoms with E-state index in [0.717, 1.165) is 37.2 Å². The number of benzene rings is 1. The van der Waals surface area contributed by atoms with Crippen molar-refractivity contribution in [2.24, 2.45) is 5.41 Å². The van der Waals surface area contributed by atoms with Gasteiger partial charge in [0.05, 0.1) is 6.10 Å². The number of rotatable bonds is 14. The minimum absolute atomic E-state index is 0.0256. The third-order valence-corrected chi connectivity index (χ3v) is 18.0. The van der Waals surface area contributed by atoms with Crippen LogP contribution >= 0.6 is 0 Å². The van der Waals surface area contributed by atoms with Crippen LogP contribution in [0.2, 0.25) is 36.3 Å². The molecule has 204 valence electrons. The minimum Gasteiger partial charge on any atom is -0.543 e. The van der Waals surface area contributed by atoms with Gasteiger partial charge in [-0.05, 0) is 73.2 Å². The molecule has 36 heavy (non-hydrogen) atoms. The smallest absolute Gasteiger partial charge is 0.250 e. The highest BCUT2D eigenvalue weighted by atomic mass is 28.4. The van der Waals surface area contributed by atoms with E-state index in [0.29, 0.717) is 0 Å². The molecule has 0 saturated carbocycles. The van der Waals surface area contributed by atoms with E-state index in [1.807, 2.05) is 0 Å². The summed E-state index contributed by atoms with van der Waals surface area (Å²) in [4.78, 5) is 0. The van der Waals surface area contributed by atoms with Gasteiger partial charge in [0.15, 0.2) is 8.32 Å². The molecule has 3 atom stereocenters. The fourth-order valence-corrected chi connectivity index (χ4v) is 9.19. The first-order valence-corrected chi connectivity index (χ1v) is 19.7. The highest BCUT2D eigenvalue weighted by molar-refractivity contribution is 6.74. The molecule has 0 heterocycles. The van der Waals surface area contributed by atoms with Crippen LogP contribution in [-0.2, 0) is 4.43 Å². The first-order valence-electron chi connectivity index (χ1n) is 14.3. The molecule has 1 aromatic carbocycles. The van der Waals surface area contributed by atoms with Crippen molar-refractivity contribution in [3.63, 3.8) is 0 Å². The molecule has 0 spiro atoms. The zero-order valence-electron chi connectivity index (χ0n) is 25.0. The van der Waals surface area contributed by atoms with Crippen molar-refractivity contribution < 1.29 is 13.6 Å². The lowest BCUT2D eigenvalue weighted by molar-refractivity contribution is 0.0756. The maximum Gasteiger partial charge on any atom is 0.250 e. The Balaban J connectivity index is 2.33. The minimum atomic E-state index is -1.92. The van der Waals surface area contributed by atoms with Crippen LogP contribution in [0.4, 0.5) is 0 Å². The topological polar surface area (TPSA) is 27.7 Å². The molecule has 0 aliphatic heterocycles. The molecule has 1 aliphatic rings. The van der Waals surface area contributed by atoms with Crippen molar-refractivity contribution in [3.05, 3.63) is 48.6 Å². The van der Waals surface area contributed by atoms with E-state index in [1.54, 1.807) is 0 Å². The number of allylic oxidation sites excluding steroid dienone is 1. The molecule has 3 nitrogen and oxygen atoms in total. The van der Waals surface area contributed by atoms with Gasteiger partial charge >= 0.3 is 0 Å². The monoisotopic (exact) mass is 530 g/mol. The second-order valence-corrected chi connectivity index (χ2v) is 21.8. The molecule has 2 rings (SSSR count). The Morgan fingerprint density at radius 3 is 2.22 bits per heavy atom. The maximum atomic E-state index is 7.10. The Hall–Kier alpha value is -1.31. The Kier molecular flexibility index (Phi) is 10.7. The summed E-state index contributed by atoms with van der Waals surface area (Å²) in [6.07, 6.45) is 8.64. The summed E-state index contributed by atoms with van der Waals surface area (Å²) in [5.41, 5.74) is 1.30. The zero-order chi connectivity index (χ0) is 27.2. The van der Waals surface area contributed by atoms with Gasteiger partial charge in [-0.1, -0.05) is 80.0 Å². The van der Waals surface area contributed by atoms with Gasteiger partial charge in [0.2, 0.25) is 8.32 Å². The van der Waals surface area contributed by atoms with E-state index >= 15 is 0 Å². The predicted molar refractivity (Wildman–Crippen MR) is 161 cm³/mol. The Morgan fingerprint density at radius 1 is 1.08 bits per heavy atom. The lowest BCUT2D eigenvalue weighted by Crippen LogP contribution is -2.46. The molecular formula is C31H54O3Si2. The highest BCUT2D eigenvalue weighted by Crippen LogP contribution is 2.49. The van der Waals surface area contributed by atoms with Gasteiger partial charge in [0.25, 0.3) is 0 Å². The lowest BCUT2D eigenvalue weighted by Gasteiger charge is -2.42. The summed E-state index contributed by atoms with van der Waals surface area (Å²) in [7, 11) is -3.64. The average molecular weight is 531 g/mol. The first-order chi connectivity index (χ1) is 16.8. The molecular weight excluding hydrogens is 477 g/mol. The van der Waals surface area contributed by atoms with Gasteiger partial charge < -0.3 is 13.6 Å². The van der Waals surface area contributed by atoms with Gasteiger partial charge in [-0.2, -0.15) is 0 Å². The summed E-state index contributed by atoms with van der Waals surface area (Å²) in [6, 6.07) is 11.8. The molecule has 5 heteroatoms. The van der Waals surface area contributed by atoms with Crippen LogP contribution in [0.3, 0.4) is 0 Å². The van der Waals surface area contributed by atoms with Crippen molar-refractivity contribution in [2.75, 3.05) is 0 Å². The second kappa shape index (κ2) is 12.5. The maximum absolute atomic E-state index is 7.10. The Labute approximate surface area is 225 Å². The van der Waals surface area contributed by atoms with Gasteiger partial charge in [0, 0.05) is 11.5 Å². The van der Waals surface area contributed by atoms with Gasteiger partial charge in [0.1, 0.15) is 17.6 Å². The van der Waals surface area contributed by atoms with Gasteiger partial charge in [-0.3, -0.25) is 0 Å². The number of hydrogen-bond acceptors (Lipinski definition) is 3. The van der Waals surface area contributed by atoms with E-state index in [1.165, 1.54) is 23.7 Å². The van der Waals surface area contributed by atoms with Crippen LogP contribution in [0.15, 0.2) is 48.6 Å². The van der Waals surface area contributed by atoms with E-state index in [-0.39, 0.29) is 22.7 Å². The summed E-state index contributed by atoms with van der Waals surface area (Å²) in [5.74, 6) is 1.80. The fourth-order valence-electron chi connectivity index (χ4n) is 5.20. The van der Waals surface area contributed by atoms with Crippen LogP contribution in [0.5, 0.6) is 11.5 Å². The van der Waals surface area contributed by atoms with E-state index in [2.05, 4.69) is 111 Å². The van der Waals surface area contributed by atoms with E-state index in [4.69, 9.17) is 13.6 Å². The highest BCUT2D eigenvalue weighted by Gasteiger charge is 2.47. The second-order valence-electron chi connectivity index (χ2n) is 12.4. The van der Waals surface area contributed by atoms with E-state index < -0.39 is 16.6 Å². The third kappa shape index (κ3) is 6.96. The molecule has 0 radical (unpaired) electrons. The normalized spacial score (nSPS) is 21.7. The summed E-state index contributed by atoms with van der Waals surface area (Å²) in [5, 5.41) is 0.152. The van der Waals surface area contributed by atoms with Crippen LogP contribution in [0.1, 0.15) is 81.1 Å². The molecule has 0 fully saturated rings. The van der Waals surface area contributed by atoms with Crippen LogP contribution in [0.25, 0.3) is 0 Å². The van der Waals surface area contributed by atoms with Gasteiger partial charge in [-0.25, -0.2) is 0 Å². The first kappa shape index (κ1) is 30.9. The van der Waals surface area contributed by atoms with Crippen LogP contribution in [0, 0.1) is 5.41 Å². The number of hydrogen-bond donors (Lipinski definition) is 0. The fraction of sp³-hybridized carbons (Fsp3) is 0.677. The molecule has 0 amide bonds. The van der Waals surface area contributed by atoms with Crippen LogP contribution < -0.4 is 9.16 Å². The molecule has 1 aromatic rings. The van der Waals surface area contributed by atoms with Crippen molar-refractivity contribution in [1.29, 1.82) is 0 Å². The summed E-state index contributed by atoms with van der Waals surface area (Å²) in [6.45, 7) is 27.1. The Morgan fingerprint density at radius 2 is 1.69 bits per heavy atom. The van der Waals surface area contributed by atoms with Crippen molar-refractivity contribution in [3.8, 4) is 11.5 Å². The molecule has 0 bridgehead atoms. The van der Waals surface area contributed by atoms with Crippen molar-refractivity contribution >= 4 is 16.6 Å². The van der Waals surface area contributed by atoms with Crippen LogP contribution in [-0.4, -0.2) is 28.8 Å². The molecule has 0 saturated heterocycles. The third-order valence-electron chi connectivity index (χ3n) is 8.98. The molecule has 0 N–H and O–H groups in total. The van der Waals surface area contributed by atoms with Crippen molar-refractivity contribution in [1.82, 2.24) is 0 Å². The summed E-state index contributed by atoms with van der Waals surface area (Å²) >= 11 is 0. The molecule has 0 aromatic heterocycles. The molecule has 1 unspecified atom stereocenters. The van der Waals surface area contributed by atoms with Crippen molar-refractivity contribution in [2.45, 2.75) is 130 Å². The largest absolute Gasteiger partial charge is 0.543 e. The quantitative estimate of drug-likeness (QED) is 0.177. The predicted octanol–water partition coefficient (Wildman–Crippen LogP) is 9.92. The van der Waals surface area contributed by atoms with Gasteiger partial charge in [-0.15, -0.1) is 6.58 Å². The molecule has 1 aliphatic carbocycles. The average Bonchev–Trinajstić information content (AvgIpc) is 3.12. The lowest BCUT2D eigenvalue weighted by atomic mass is 9.75. The zero-order valence-corrected chi connectivity index (χ0v) is 27.0. The summed E-state index contributed by atoms with van der Waals surface area (Å²) < 4.78 is 20.4. The Bertz CT molecular complexity index is 874.